The second-order valence-corrected chi connectivity index (χ2v) is 8.16. The number of aromatic nitrogens is 1. The summed E-state index contributed by atoms with van der Waals surface area (Å²) in [4.78, 5) is 22.1. The molecule has 3 saturated heterocycles. The number of carbonyl (C=O) groups excluding carboxylic acids is 1. The molecule has 0 spiro atoms. The minimum absolute atomic E-state index is 0.00719. The fourth-order valence-corrected chi connectivity index (χ4v) is 4.92. The minimum atomic E-state index is 0.00719. The van der Waals surface area contributed by atoms with Crippen molar-refractivity contribution in [3.63, 3.8) is 0 Å². The zero-order valence-corrected chi connectivity index (χ0v) is 15.1. The van der Waals surface area contributed by atoms with E-state index < -0.39 is 0 Å². The predicted octanol–water partition coefficient (Wildman–Crippen LogP) is 1.73. The lowest BCUT2D eigenvalue weighted by atomic mass is 10.0. The molecular weight excluding hydrogens is 320 g/mol. The molecular formula is C18H24N4OS. The van der Waals surface area contributed by atoms with Gasteiger partial charge in [-0.15, -0.1) is 11.3 Å². The molecule has 5 atom stereocenters. The maximum atomic E-state index is 12.7. The molecule has 24 heavy (non-hydrogen) atoms. The Balaban J connectivity index is 1.37. The molecule has 3 aliphatic heterocycles. The van der Waals surface area contributed by atoms with Crippen LogP contribution in [0.3, 0.4) is 0 Å². The van der Waals surface area contributed by atoms with E-state index in [1.54, 1.807) is 11.3 Å². The largest absolute Gasteiger partial charge is 0.352 e. The average Bonchev–Trinajstić information content (AvgIpc) is 2.97. The zero-order chi connectivity index (χ0) is 16.7. The number of amides is 1. The summed E-state index contributed by atoms with van der Waals surface area (Å²) in [6.45, 7) is 8.28. The normalized spacial score (nSPS) is 30.4. The number of piperazine rings is 3. The molecule has 128 valence electrons. The topological polar surface area (TPSA) is 48.5 Å². The van der Waals surface area contributed by atoms with E-state index >= 15 is 0 Å². The number of fused-ring (bicyclic) bond motifs is 4. The minimum Gasteiger partial charge on any atom is -0.352 e. The van der Waals surface area contributed by atoms with E-state index in [9.17, 15) is 4.79 Å². The van der Waals surface area contributed by atoms with Crippen LogP contribution < -0.4 is 5.32 Å². The molecule has 1 amide bonds. The van der Waals surface area contributed by atoms with E-state index in [2.05, 4.69) is 40.0 Å². The summed E-state index contributed by atoms with van der Waals surface area (Å²) in [5, 5.41) is 4.29. The molecule has 0 radical (unpaired) electrons. The van der Waals surface area contributed by atoms with Crippen LogP contribution in [0.1, 0.15) is 18.9 Å². The maximum Gasteiger partial charge on any atom is 0.238 e. The highest BCUT2D eigenvalue weighted by Gasteiger charge is 2.39. The molecule has 6 heteroatoms. The van der Waals surface area contributed by atoms with Gasteiger partial charge in [0.05, 0.1) is 15.2 Å². The number of hydrogen-bond acceptors (Lipinski definition) is 5. The third-order valence-corrected chi connectivity index (χ3v) is 6.21. The van der Waals surface area contributed by atoms with Crippen molar-refractivity contribution >= 4 is 27.5 Å². The fraction of sp³-hybridized carbons (Fsp3) is 0.556. The first-order valence-electron chi connectivity index (χ1n) is 8.73. The smallest absolute Gasteiger partial charge is 0.238 e. The van der Waals surface area contributed by atoms with Crippen molar-refractivity contribution in [1.82, 2.24) is 20.1 Å². The zero-order valence-electron chi connectivity index (χ0n) is 14.2. The van der Waals surface area contributed by atoms with Gasteiger partial charge < -0.3 is 5.32 Å². The average molecular weight is 344 g/mol. The van der Waals surface area contributed by atoms with Crippen molar-refractivity contribution in [3.05, 3.63) is 29.3 Å². The molecule has 5 rings (SSSR count). The summed E-state index contributed by atoms with van der Waals surface area (Å²) < 4.78 is 1.21. The lowest BCUT2D eigenvalue weighted by molar-refractivity contribution is -0.134. The van der Waals surface area contributed by atoms with Crippen molar-refractivity contribution in [1.29, 1.82) is 0 Å². The molecule has 1 N–H and O–H groups in total. The van der Waals surface area contributed by atoms with Crippen LogP contribution in [0.5, 0.6) is 0 Å². The van der Waals surface area contributed by atoms with Crippen molar-refractivity contribution in [3.8, 4) is 0 Å². The summed E-state index contributed by atoms with van der Waals surface area (Å²) in [7, 11) is 0. The monoisotopic (exact) mass is 344 g/mol. The number of rotatable bonds is 4. The number of nitrogens with zero attached hydrogens (tertiary/aromatic N) is 3. The highest BCUT2D eigenvalue weighted by atomic mass is 32.1. The molecule has 2 aromatic rings. The Labute approximate surface area is 146 Å². The first-order valence-corrected chi connectivity index (χ1v) is 9.55. The third kappa shape index (κ3) is 3.06. The second-order valence-electron chi connectivity index (χ2n) is 7.04. The highest BCUT2D eigenvalue weighted by molar-refractivity contribution is 7.18. The van der Waals surface area contributed by atoms with Gasteiger partial charge >= 0.3 is 0 Å². The Bertz CT molecular complexity index is 712. The molecule has 5 unspecified atom stereocenters. The van der Waals surface area contributed by atoms with Crippen molar-refractivity contribution in [2.24, 2.45) is 0 Å². The third-order valence-electron chi connectivity index (χ3n) is 5.16. The van der Waals surface area contributed by atoms with Gasteiger partial charge in [0, 0.05) is 44.7 Å². The van der Waals surface area contributed by atoms with Gasteiger partial charge in [0.25, 0.3) is 0 Å². The summed E-state index contributed by atoms with van der Waals surface area (Å²) in [6.07, 6.45) is 0.790. The molecule has 1 aromatic heterocycles. The van der Waals surface area contributed by atoms with Gasteiger partial charge in [0.15, 0.2) is 0 Å². The Morgan fingerprint density at radius 2 is 2.12 bits per heavy atom. The SMILES string of the molecule is CC(Cc1nc2ccccc2s1)NC(=O)C1CN2CCN1CC2C. The van der Waals surface area contributed by atoms with Crippen molar-refractivity contribution < 1.29 is 4.79 Å². The second kappa shape index (κ2) is 6.43. The number of carbonyl (C=O) groups is 1. The molecule has 0 saturated carbocycles. The molecule has 5 nitrogen and oxygen atoms in total. The summed E-state index contributed by atoms with van der Waals surface area (Å²) in [6, 6.07) is 8.88. The number of benzene rings is 1. The van der Waals surface area contributed by atoms with Crippen LogP contribution in [-0.4, -0.2) is 65.0 Å². The first kappa shape index (κ1) is 16.0. The van der Waals surface area contributed by atoms with E-state index in [1.807, 2.05) is 18.2 Å². The van der Waals surface area contributed by atoms with E-state index in [4.69, 9.17) is 0 Å². The summed E-state index contributed by atoms with van der Waals surface area (Å²) in [5.74, 6) is 0.167. The van der Waals surface area contributed by atoms with Crippen molar-refractivity contribution in [2.75, 3.05) is 26.2 Å². The molecule has 2 bridgehead atoms. The summed E-state index contributed by atoms with van der Waals surface area (Å²) >= 11 is 1.72. The predicted molar refractivity (Wildman–Crippen MR) is 97.3 cm³/mol. The van der Waals surface area contributed by atoms with Crippen LogP contribution in [0.4, 0.5) is 0 Å². The number of nitrogens with one attached hydrogen (secondary N) is 1. The van der Waals surface area contributed by atoms with Crippen LogP contribution >= 0.6 is 11.3 Å². The van der Waals surface area contributed by atoms with Crippen molar-refractivity contribution in [2.45, 2.75) is 38.4 Å². The van der Waals surface area contributed by atoms with Gasteiger partial charge in [0.2, 0.25) is 5.91 Å². The van der Waals surface area contributed by atoms with E-state index in [-0.39, 0.29) is 18.0 Å². The van der Waals surface area contributed by atoms with Crippen LogP contribution in [0, 0.1) is 0 Å². The van der Waals surface area contributed by atoms with E-state index in [1.165, 1.54) is 4.70 Å². The van der Waals surface area contributed by atoms with Gasteiger partial charge in [-0.25, -0.2) is 4.98 Å². The van der Waals surface area contributed by atoms with Crippen LogP contribution in [0.15, 0.2) is 24.3 Å². The van der Waals surface area contributed by atoms with E-state index in [0.29, 0.717) is 6.04 Å². The van der Waals surface area contributed by atoms with Gasteiger partial charge in [-0.2, -0.15) is 0 Å². The molecule has 3 fully saturated rings. The van der Waals surface area contributed by atoms with Gasteiger partial charge in [0.1, 0.15) is 6.04 Å². The molecule has 0 aliphatic carbocycles. The Morgan fingerprint density at radius 1 is 1.33 bits per heavy atom. The standard InChI is InChI=1S/C18H24N4OS/c1-12(9-17-20-14-5-3-4-6-16(14)24-17)19-18(23)15-11-21-7-8-22(15)10-13(21)2/h3-6,12-13,15H,7-11H2,1-2H3,(H,19,23). The van der Waals surface area contributed by atoms with Gasteiger partial charge in [-0.1, -0.05) is 12.1 Å². The Morgan fingerprint density at radius 3 is 2.83 bits per heavy atom. The number of hydrogen-bond donors (Lipinski definition) is 1. The van der Waals surface area contributed by atoms with Crippen LogP contribution in [0.25, 0.3) is 10.2 Å². The lowest BCUT2D eigenvalue weighted by Gasteiger charge is -2.50. The Kier molecular flexibility index (Phi) is 4.28. The van der Waals surface area contributed by atoms with Gasteiger partial charge in [-0.05, 0) is 26.0 Å². The summed E-state index contributed by atoms with van der Waals surface area (Å²) in [5.41, 5.74) is 1.05. The van der Waals surface area contributed by atoms with Gasteiger partial charge in [-0.3, -0.25) is 14.6 Å². The van der Waals surface area contributed by atoms with E-state index in [0.717, 1.165) is 43.1 Å². The van der Waals surface area contributed by atoms with Crippen LogP contribution in [-0.2, 0) is 11.2 Å². The molecule has 4 heterocycles. The lowest BCUT2D eigenvalue weighted by Crippen LogP contribution is -2.68. The number of thiazole rings is 1. The molecule has 1 aromatic carbocycles. The quantitative estimate of drug-likeness (QED) is 0.918. The Hall–Kier alpha value is -1.50. The fourth-order valence-electron chi connectivity index (χ4n) is 3.82. The maximum absolute atomic E-state index is 12.7. The van der Waals surface area contributed by atoms with Crippen LogP contribution in [0.2, 0.25) is 0 Å². The first-order chi connectivity index (χ1) is 11.6. The highest BCUT2D eigenvalue weighted by Crippen LogP contribution is 2.23. The number of para-hydroxylation sites is 1. The molecule has 3 aliphatic rings.